The lowest BCUT2D eigenvalue weighted by Crippen LogP contribution is -2.04. The third-order valence-corrected chi connectivity index (χ3v) is 2.77. The fourth-order valence-electron chi connectivity index (χ4n) is 1.83. The summed E-state index contributed by atoms with van der Waals surface area (Å²) < 4.78 is 10.8. The molecular weight excluding hydrogens is 260 g/mol. The molecule has 0 aliphatic carbocycles. The van der Waals surface area contributed by atoms with Gasteiger partial charge in [0.15, 0.2) is 0 Å². The average molecular weight is 272 g/mol. The van der Waals surface area contributed by atoms with Crippen molar-refractivity contribution in [1.82, 2.24) is 20.6 Å². The molecule has 0 saturated carbocycles. The number of aromatic amines is 1. The van der Waals surface area contributed by atoms with Crippen LogP contribution in [-0.2, 0) is 0 Å². The van der Waals surface area contributed by atoms with Gasteiger partial charge in [0.2, 0.25) is 5.82 Å². The van der Waals surface area contributed by atoms with Gasteiger partial charge in [-0.05, 0) is 29.8 Å². The average Bonchev–Trinajstić information content (AvgIpc) is 2.98. The van der Waals surface area contributed by atoms with Crippen LogP contribution in [0.3, 0.4) is 0 Å². The molecule has 1 N–H and O–H groups in total. The van der Waals surface area contributed by atoms with Crippen molar-refractivity contribution in [2.75, 3.05) is 6.61 Å². The van der Waals surface area contributed by atoms with Crippen molar-refractivity contribution in [2.24, 2.45) is 0 Å². The third-order valence-electron chi connectivity index (χ3n) is 2.77. The Hall–Kier alpha value is -2.70. The predicted octanol–water partition coefficient (Wildman–Crippen LogP) is 1.76. The van der Waals surface area contributed by atoms with Crippen LogP contribution in [0.2, 0.25) is 0 Å². The fourth-order valence-corrected chi connectivity index (χ4v) is 1.83. The molecule has 102 valence electrons. The number of H-pyrrole nitrogens is 1. The highest BCUT2D eigenvalue weighted by atomic mass is 16.5. The second-order valence-corrected chi connectivity index (χ2v) is 4.23. The van der Waals surface area contributed by atoms with Crippen molar-refractivity contribution in [2.45, 2.75) is 13.3 Å². The second-order valence-electron chi connectivity index (χ2n) is 4.23. The lowest BCUT2D eigenvalue weighted by Gasteiger charge is -2.05. The van der Waals surface area contributed by atoms with Gasteiger partial charge >= 0.3 is 5.63 Å². The van der Waals surface area contributed by atoms with Gasteiger partial charge in [0.1, 0.15) is 16.9 Å². The minimum atomic E-state index is -0.508. The molecule has 7 heteroatoms. The zero-order valence-corrected chi connectivity index (χ0v) is 10.8. The molecular formula is C13H12N4O3. The van der Waals surface area contributed by atoms with E-state index >= 15 is 0 Å². The molecule has 0 aliphatic heterocycles. The van der Waals surface area contributed by atoms with E-state index in [1.54, 1.807) is 12.1 Å². The lowest BCUT2D eigenvalue weighted by atomic mass is 10.1. The van der Waals surface area contributed by atoms with Gasteiger partial charge in [0, 0.05) is 11.5 Å². The van der Waals surface area contributed by atoms with E-state index in [0.717, 1.165) is 11.8 Å². The van der Waals surface area contributed by atoms with Crippen molar-refractivity contribution in [3.63, 3.8) is 0 Å². The maximum atomic E-state index is 11.9. The van der Waals surface area contributed by atoms with Crippen LogP contribution in [0.4, 0.5) is 0 Å². The SMILES string of the molecule is CCCOc1ccc2cc(-c3nn[nH]n3)c(=O)oc2c1. The number of nitrogens with zero attached hydrogens (tertiary/aromatic N) is 3. The van der Waals surface area contributed by atoms with Crippen molar-refractivity contribution in [1.29, 1.82) is 0 Å². The summed E-state index contributed by atoms with van der Waals surface area (Å²) >= 11 is 0. The van der Waals surface area contributed by atoms with E-state index in [-0.39, 0.29) is 11.4 Å². The molecule has 3 rings (SSSR count). The minimum absolute atomic E-state index is 0.215. The number of tetrazole rings is 1. The predicted molar refractivity (Wildman–Crippen MR) is 71.4 cm³/mol. The van der Waals surface area contributed by atoms with Crippen molar-refractivity contribution in [3.8, 4) is 17.1 Å². The van der Waals surface area contributed by atoms with Crippen LogP contribution in [-0.4, -0.2) is 27.2 Å². The first kappa shape index (κ1) is 12.3. The summed E-state index contributed by atoms with van der Waals surface area (Å²) in [5.74, 6) is 0.891. The Kier molecular flexibility index (Phi) is 3.16. The summed E-state index contributed by atoms with van der Waals surface area (Å²) in [6, 6.07) is 7.03. The Bertz CT molecular complexity index is 780. The van der Waals surface area contributed by atoms with E-state index in [1.165, 1.54) is 0 Å². The summed E-state index contributed by atoms with van der Waals surface area (Å²) in [5, 5.41) is 14.1. The molecule has 0 unspecified atom stereocenters. The molecule has 3 aromatic rings. The van der Waals surface area contributed by atoms with E-state index in [9.17, 15) is 4.79 Å². The molecule has 2 aromatic heterocycles. The molecule has 2 heterocycles. The Balaban J connectivity index is 2.07. The number of benzene rings is 1. The Labute approximate surface area is 113 Å². The number of fused-ring (bicyclic) bond motifs is 1. The van der Waals surface area contributed by atoms with Gasteiger partial charge in [0.25, 0.3) is 0 Å². The van der Waals surface area contributed by atoms with Gasteiger partial charge in [-0.15, -0.1) is 10.2 Å². The monoisotopic (exact) mass is 272 g/mol. The van der Waals surface area contributed by atoms with Crippen molar-refractivity contribution in [3.05, 3.63) is 34.7 Å². The summed E-state index contributed by atoms with van der Waals surface area (Å²) in [6.45, 7) is 2.65. The molecule has 0 bridgehead atoms. The van der Waals surface area contributed by atoms with Gasteiger partial charge in [0.05, 0.1) is 6.61 Å². The number of hydrogen-bond acceptors (Lipinski definition) is 6. The van der Waals surface area contributed by atoms with Gasteiger partial charge in [-0.1, -0.05) is 6.92 Å². The Morgan fingerprint density at radius 3 is 3.00 bits per heavy atom. The van der Waals surface area contributed by atoms with E-state index in [0.29, 0.717) is 17.9 Å². The molecule has 0 saturated heterocycles. The molecule has 20 heavy (non-hydrogen) atoms. The Morgan fingerprint density at radius 1 is 1.35 bits per heavy atom. The molecule has 0 fully saturated rings. The Morgan fingerprint density at radius 2 is 2.25 bits per heavy atom. The van der Waals surface area contributed by atoms with Gasteiger partial charge in [-0.2, -0.15) is 5.21 Å². The van der Waals surface area contributed by atoms with Crippen LogP contribution in [0.15, 0.2) is 33.5 Å². The lowest BCUT2D eigenvalue weighted by molar-refractivity contribution is 0.317. The summed E-state index contributed by atoms with van der Waals surface area (Å²) in [4.78, 5) is 11.9. The quantitative estimate of drug-likeness (QED) is 0.727. The van der Waals surface area contributed by atoms with Crippen LogP contribution in [0.5, 0.6) is 5.75 Å². The van der Waals surface area contributed by atoms with Gasteiger partial charge in [-0.3, -0.25) is 0 Å². The molecule has 0 aliphatic rings. The summed E-state index contributed by atoms with van der Waals surface area (Å²) in [6.07, 6.45) is 0.915. The molecule has 0 amide bonds. The van der Waals surface area contributed by atoms with E-state index in [2.05, 4.69) is 20.6 Å². The zero-order chi connectivity index (χ0) is 13.9. The summed E-state index contributed by atoms with van der Waals surface area (Å²) in [5.41, 5.74) is 0.232. The smallest absolute Gasteiger partial charge is 0.347 e. The summed E-state index contributed by atoms with van der Waals surface area (Å²) in [7, 11) is 0. The topological polar surface area (TPSA) is 93.9 Å². The van der Waals surface area contributed by atoms with E-state index < -0.39 is 5.63 Å². The highest BCUT2D eigenvalue weighted by Gasteiger charge is 2.12. The van der Waals surface area contributed by atoms with Crippen LogP contribution < -0.4 is 10.4 Å². The third kappa shape index (κ3) is 2.25. The van der Waals surface area contributed by atoms with Crippen LogP contribution >= 0.6 is 0 Å². The highest BCUT2D eigenvalue weighted by molar-refractivity contribution is 5.81. The van der Waals surface area contributed by atoms with Crippen molar-refractivity contribution >= 4 is 11.0 Å². The van der Waals surface area contributed by atoms with E-state index in [4.69, 9.17) is 9.15 Å². The van der Waals surface area contributed by atoms with Gasteiger partial charge in [-0.25, -0.2) is 4.79 Å². The number of aromatic nitrogens is 4. The highest BCUT2D eigenvalue weighted by Crippen LogP contribution is 2.22. The number of nitrogens with one attached hydrogen (secondary N) is 1. The normalized spacial score (nSPS) is 10.8. The van der Waals surface area contributed by atoms with Gasteiger partial charge < -0.3 is 9.15 Å². The molecule has 0 radical (unpaired) electrons. The van der Waals surface area contributed by atoms with Crippen LogP contribution in [0, 0.1) is 0 Å². The standard InChI is InChI=1S/C13H12N4O3/c1-2-5-19-9-4-3-8-6-10(12-14-16-17-15-12)13(18)20-11(8)7-9/h3-4,6-7H,2,5H2,1H3,(H,14,15,16,17). The maximum Gasteiger partial charge on any atom is 0.347 e. The molecule has 0 spiro atoms. The van der Waals surface area contributed by atoms with Crippen molar-refractivity contribution < 1.29 is 9.15 Å². The molecule has 7 nitrogen and oxygen atoms in total. The zero-order valence-electron chi connectivity index (χ0n) is 10.8. The maximum absolute atomic E-state index is 11.9. The van der Waals surface area contributed by atoms with E-state index in [1.807, 2.05) is 19.1 Å². The first-order valence-corrected chi connectivity index (χ1v) is 6.22. The first-order chi connectivity index (χ1) is 9.78. The molecule has 0 atom stereocenters. The number of ether oxygens (including phenoxy) is 1. The number of hydrogen-bond donors (Lipinski definition) is 1. The number of rotatable bonds is 4. The van der Waals surface area contributed by atoms with Crippen LogP contribution in [0.1, 0.15) is 13.3 Å². The second kappa shape index (κ2) is 5.12. The fraction of sp³-hybridized carbons (Fsp3) is 0.231. The largest absolute Gasteiger partial charge is 0.493 e. The minimum Gasteiger partial charge on any atom is -0.493 e. The van der Waals surface area contributed by atoms with Crippen LogP contribution in [0.25, 0.3) is 22.4 Å². The molecule has 1 aromatic carbocycles. The first-order valence-electron chi connectivity index (χ1n) is 6.22.